The minimum absolute atomic E-state index is 0.207. The maximum Gasteiger partial charge on any atom is 0.257 e. The Labute approximate surface area is 230 Å². The normalized spacial score (nSPS) is 18.3. The number of aryl methyl sites for hydroxylation is 1. The van der Waals surface area contributed by atoms with Gasteiger partial charge in [-0.15, -0.1) is 23.2 Å². The second-order valence-corrected chi connectivity index (χ2v) is 11.6. The summed E-state index contributed by atoms with van der Waals surface area (Å²) in [4.78, 5) is 25.9. The van der Waals surface area contributed by atoms with Crippen molar-refractivity contribution in [3.8, 4) is 0 Å². The highest BCUT2D eigenvalue weighted by molar-refractivity contribution is 9.10. The van der Waals surface area contributed by atoms with Gasteiger partial charge in [0.1, 0.15) is 4.33 Å². The lowest BCUT2D eigenvalue weighted by Gasteiger charge is -2.12. The summed E-state index contributed by atoms with van der Waals surface area (Å²) in [5, 5.41) is 6.70. The summed E-state index contributed by atoms with van der Waals surface area (Å²) in [5.74, 6) is -2.02. The number of amides is 2. The first kappa shape index (κ1) is 25.6. The third kappa shape index (κ3) is 5.35. The van der Waals surface area contributed by atoms with E-state index >= 15 is 0 Å². The van der Waals surface area contributed by atoms with Crippen molar-refractivity contribution in [1.29, 1.82) is 0 Å². The Morgan fingerprint density at radius 1 is 0.912 bits per heavy atom. The Kier molecular flexibility index (Phi) is 7.45. The van der Waals surface area contributed by atoms with E-state index in [1.54, 1.807) is 30.3 Å². The van der Waals surface area contributed by atoms with Crippen LogP contribution in [-0.4, -0.2) is 16.1 Å². The molecule has 0 radical (unpaired) electrons. The van der Waals surface area contributed by atoms with Crippen LogP contribution in [0.4, 0.5) is 11.4 Å². The van der Waals surface area contributed by atoms with Gasteiger partial charge in [-0.05, 0) is 72.6 Å². The molecule has 2 amide bonds. The van der Waals surface area contributed by atoms with E-state index in [-0.39, 0.29) is 10.6 Å². The number of benzene rings is 3. The molecule has 2 unspecified atom stereocenters. The number of nitrogens with one attached hydrogen (secondary N) is 2. The Morgan fingerprint density at radius 2 is 1.59 bits per heavy atom. The van der Waals surface area contributed by atoms with Crippen molar-refractivity contribution in [3.05, 3.63) is 90.8 Å². The molecule has 34 heavy (non-hydrogen) atoms. The van der Waals surface area contributed by atoms with Crippen molar-refractivity contribution in [1.82, 2.24) is 0 Å². The van der Waals surface area contributed by atoms with E-state index in [2.05, 4.69) is 26.6 Å². The zero-order chi connectivity index (χ0) is 24.8. The zero-order valence-corrected chi connectivity index (χ0v) is 22.8. The topological polar surface area (TPSA) is 58.2 Å². The fourth-order valence-electron chi connectivity index (χ4n) is 3.78. The molecule has 0 aliphatic heterocycles. The van der Waals surface area contributed by atoms with Crippen LogP contribution in [0.1, 0.15) is 27.4 Å². The van der Waals surface area contributed by atoms with Gasteiger partial charge < -0.3 is 10.6 Å². The minimum atomic E-state index is -1.32. The number of carbonyl (C=O) groups excluding carboxylic acids is 2. The van der Waals surface area contributed by atoms with Gasteiger partial charge in [0.25, 0.3) is 5.91 Å². The average Bonchev–Trinajstić information content (AvgIpc) is 3.33. The molecule has 0 aromatic heterocycles. The van der Waals surface area contributed by atoms with Crippen molar-refractivity contribution in [2.24, 2.45) is 5.92 Å². The number of carbonyl (C=O) groups is 2. The molecular weight excluding hydrogens is 605 g/mol. The summed E-state index contributed by atoms with van der Waals surface area (Å²) in [5.41, 5.74) is 2.78. The molecule has 0 bridgehead atoms. The van der Waals surface area contributed by atoms with Crippen LogP contribution >= 0.6 is 73.9 Å². The third-order valence-corrected chi connectivity index (χ3v) is 7.69. The zero-order valence-electron chi connectivity index (χ0n) is 17.4. The van der Waals surface area contributed by atoms with Crippen LogP contribution in [0.15, 0.2) is 59.1 Å². The molecule has 0 heterocycles. The largest absolute Gasteiger partial charge is 0.326 e. The van der Waals surface area contributed by atoms with E-state index in [9.17, 15) is 9.59 Å². The molecular formula is C24H16BrCl5N2O2. The Hall–Kier alpha value is -1.47. The molecule has 176 valence electrons. The average molecular weight is 622 g/mol. The number of anilines is 2. The molecule has 10 heteroatoms. The van der Waals surface area contributed by atoms with E-state index in [0.29, 0.717) is 27.0 Å². The SMILES string of the molecule is Cc1cc(Br)ccc1NC(=O)c1cc(NC(=O)C2C(c3cc(Cl)cc(Cl)c3)C2(Cl)Cl)ccc1Cl. The molecule has 2 atom stereocenters. The van der Waals surface area contributed by atoms with Crippen LogP contribution in [0.5, 0.6) is 0 Å². The van der Waals surface area contributed by atoms with Crippen LogP contribution in [0, 0.1) is 12.8 Å². The van der Waals surface area contributed by atoms with E-state index < -0.39 is 28.0 Å². The molecule has 0 saturated heterocycles. The van der Waals surface area contributed by atoms with Crippen molar-refractivity contribution >= 4 is 97.1 Å². The lowest BCUT2D eigenvalue weighted by atomic mass is 10.1. The number of alkyl halides is 2. The smallest absolute Gasteiger partial charge is 0.257 e. The van der Waals surface area contributed by atoms with Crippen LogP contribution < -0.4 is 10.6 Å². The van der Waals surface area contributed by atoms with Gasteiger partial charge in [0.15, 0.2) is 0 Å². The molecule has 2 N–H and O–H groups in total. The second-order valence-electron chi connectivity index (χ2n) is 7.93. The molecule has 1 aliphatic carbocycles. The lowest BCUT2D eigenvalue weighted by Crippen LogP contribution is -2.18. The third-order valence-electron chi connectivity index (χ3n) is 5.50. The highest BCUT2D eigenvalue weighted by Crippen LogP contribution is 2.65. The van der Waals surface area contributed by atoms with Crippen molar-refractivity contribution in [3.63, 3.8) is 0 Å². The predicted octanol–water partition coefficient (Wildman–Crippen LogP) is 8.50. The molecule has 3 aromatic carbocycles. The molecule has 1 fully saturated rings. The number of hydrogen-bond donors (Lipinski definition) is 2. The van der Waals surface area contributed by atoms with Crippen molar-refractivity contribution < 1.29 is 9.59 Å². The van der Waals surface area contributed by atoms with Gasteiger partial charge in [-0.2, -0.15) is 0 Å². The summed E-state index contributed by atoms with van der Waals surface area (Å²) in [6, 6.07) is 15.1. The number of rotatable bonds is 5. The van der Waals surface area contributed by atoms with Gasteiger partial charge in [0, 0.05) is 31.8 Å². The van der Waals surface area contributed by atoms with Crippen LogP contribution in [0.3, 0.4) is 0 Å². The molecule has 4 rings (SSSR count). The first-order valence-electron chi connectivity index (χ1n) is 9.99. The van der Waals surface area contributed by atoms with Gasteiger partial charge >= 0.3 is 0 Å². The summed E-state index contributed by atoms with van der Waals surface area (Å²) >= 11 is 34.7. The van der Waals surface area contributed by atoms with E-state index in [4.69, 9.17) is 58.0 Å². The molecule has 1 aliphatic rings. The quantitative estimate of drug-likeness (QED) is 0.281. The van der Waals surface area contributed by atoms with Crippen LogP contribution in [-0.2, 0) is 4.79 Å². The highest BCUT2D eigenvalue weighted by Gasteiger charge is 2.67. The van der Waals surface area contributed by atoms with Crippen LogP contribution in [0.2, 0.25) is 15.1 Å². The standard InChI is InChI=1S/C24H16BrCl5N2O2/c1-11-6-13(25)2-5-19(11)32-22(33)17-10-16(3-4-18(17)28)31-23(34)21-20(24(21,29)30)12-7-14(26)9-15(27)8-12/h2-10,20-21H,1H3,(H,31,34)(H,32,33). The van der Waals surface area contributed by atoms with Gasteiger partial charge in [0.2, 0.25) is 5.91 Å². The fraction of sp³-hybridized carbons (Fsp3) is 0.167. The lowest BCUT2D eigenvalue weighted by molar-refractivity contribution is -0.117. The molecule has 3 aromatic rings. The van der Waals surface area contributed by atoms with Crippen molar-refractivity contribution in [2.75, 3.05) is 10.6 Å². The summed E-state index contributed by atoms with van der Waals surface area (Å²) in [7, 11) is 0. The van der Waals surface area contributed by atoms with Gasteiger partial charge in [-0.25, -0.2) is 0 Å². The fourth-order valence-corrected chi connectivity index (χ4v) is 5.83. The highest BCUT2D eigenvalue weighted by atomic mass is 79.9. The first-order chi connectivity index (χ1) is 16.0. The number of halogens is 6. The molecule has 4 nitrogen and oxygen atoms in total. The maximum atomic E-state index is 13.0. The van der Waals surface area contributed by atoms with Gasteiger partial charge in [-0.3, -0.25) is 9.59 Å². The summed E-state index contributed by atoms with van der Waals surface area (Å²) in [6.45, 7) is 1.88. The summed E-state index contributed by atoms with van der Waals surface area (Å²) < 4.78 is -0.414. The second kappa shape index (κ2) is 9.88. The van der Waals surface area contributed by atoms with Crippen molar-refractivity contribution in [2.45, 2.75) is 17.2 Å². The molecule has 1 saturated carbocycles. The maximum absolute atomic E-state index is 13.0. The number of hydrogen-bond acceptors (Lipinski definition) is 2. The predicted molar refractivity (Wildman–Crippen MR) is 144 cm³/mol. The first-order valence-corrected chi connectivity index (χ1v) is 12.7. The minimum Gasteiger partial charge on any atom is -0.326 e. The van der Waals surface area contributed by atoms with Crippen LogP contribution in [0.25, 0.3) is 0 Å². The van der Waals surface area contributed by atoms with E-state index in [1.807, 2.05) is 19.1 Å². The van der Waals surface area contributed by atoms with E-state index in [0.717, 1.165) is 10.0 Å². The Bertz CT molecular complexity index is 1290. The van der Waals surface area contributed by atoms with Gasteiger partial charge in [-0.1, -0.05) is 50.7 Å². The Balaban J connectivity index is 1.52. The summed E-state index contributed by atoms with van der Waals surface area (Å²) in [6.07, 6.45) is 0. The van der Waals surface area contributed by atoms with E-state index in [1.165, 1.54) is 12.1 Å². The Morgan fingerprint density at radius 3 is 2.24 bits per heavy atom. The molecule has 0 spiro atoms. The monoisotopic (exact) mass is 618 g/mol. The van der Waals surface area contributed by atoms with Gasteiger partial charge in [0.05, 0.1) is 16.5 Å².